The quantitative estimate of drug-likeness (QED) is 0.328. The fourth-order valence-electron chi connectivity index (χ4n) is 0.321. The Labute approximate surface area is 73.8 Å². The van der Waals surface area contributed by atoms with Crippen molar-refractivity contribution in [1.29, 1.82) is 0 Å². The second-order valence-corrected chi connectivity index (χ2v) is 1.96. The molecule has 3 heteroatoms. The maximum Gasteiger partial charge on any atom is 0.310 e. The van der Waals surface area contributed by atoms with E-state index in [1.807, 2.05) is 22.6 Å². The monoisotopic (exact) mass is 250 g/mol. The molecule has 0 atom stereocenters. The third-order valence-electron chi connectivity index (χ3n) is 0.683. The van der Waals surface area contributed by atoms with E-state index >= 15 is 0 Å². The van der Waals surface area contributed by atoms with E-state index in [4.69, 9.17) is 0 Å². The van der Waals surface area contributed by atoms with E-state index in [2.05, 4.69) is 21.2 Å². The van der Waals surface area contributed by atoms with Gasteiger partial charge < -0.3 is 4.74 Å². The van der Waals surface area contributed by atoms with Gasteiger partial charge in [-0.05, 0) is 3.93 Å². The maximum atomic E-state index is 10.6. The lowest BCUT2D eigenvalue weighted by Gasteiger charge is -1.94. The molecule has 0 fully saturated rings. The Morgan fingerprint density at radius 1 is 1.80 bits per heavy atom. The average molecular weight is 250 g/mol. The third kappa shape index (κ3) is 5.63. The zero-order valence-corrected chi connectivity index (χ0v) is 7.55. The predicted octanol–water partition coefficient (Wildman–Crippen LogP) is 1.50. The molecule has 0 saturated carbocycles. The topological polar surface area (TPSA) is 26.3 Å². The van der Waals surface area contributed by atoms with E-state index in [0.717, 1.165) is 0 Å². The lowest BCUT2D eigenvalue weighted by atomic mass is 10.4. The standard InChI is InChI=1S/C7H7IO2/c1-2-4-7(9)10-6-3-5-8/h2H,1,4,6H2. The fraction of sp³-hybridized carbons (Fsp3) is 0.286. The molecule has 0 spiro atoms. The zero-order chi connectivity index (χ0) is 7.82. The molecular formula is C7H7IO2. The van der Waals surface area contributed by atoms with Crippen LogP contribution in [0.15, 0.2) is 12.7 Å². The highest BCUT2D eigenvalue weighted by Gasteiger charge is 1.94. The average Bonchev–Trinajstić information content (AvgIpc) is 1.89. The van der Waals surface area contributed by atoms with Gasteiger partial charge in [0.05, 0.1) is 6.42 Å². The summed E-state index contributed by atoms with van der Waals surface area (Å²) in [5.74, 6) is 2.31. The Bertz CT molecular complexity index is 176. The van der Waals surface area contributed by atoms with E-state index in [1.54, 1.807) is 0 Å². The molecule has 2 nitrogen and oxygen atoms in total. The Balaban J connectivity index is 3.36. The van der Waals surface area contributed by atoms with E-state index in [1.165, 1.54) is 6.08 Å². The van der Waals surface area contributed by atoms with Crippen molar-refractivity contribution in [2.75, 3.05) is 6.61 Å². The fourth-order valence-corrected chi connectivity index (χ4v) is 0.476. The summed E-state index contributed by atoms with van der Waals surface area (Å²) >= 11 is 1.88. The molecule has 0 aliphatic carbocycles. The number of esters is 1. The van der Waals surface area contributed by atoms with Crippen LogP contribution in [0.3, 0.4) is 0 Å². The molecule has 0 saturated heterocycles. The van der Waals surface area contributed by atoms with Crippen LogP contribution in [-0.4, -0.2) is 12.6 Å². The second kappa shape index (κ2) is 6.62. The van der Waals surface area contributed by atoms with E-state index in [9.17, 15) is 4.79 Å². The molecule has 0 aliphatic rings. The molecule has 0 bridgehead atoms. The minimum atomic E-state index is -0.283. The van der Waals surface area contributed by atoms with Crippen molar-refractivity contribution in [3.8, 4) is 9.85 Å². The van der Waals surface area contributed by atoms with Crippen LogP contribution >= 0.6 is 22.6 Å². The number of halogens is 1. The van der Waals surface area contributed by atoms with Gasteiger partial charge in [0.25, 0.3) is 0 Å². The highest BCUT2D eigenvalue weighted by molar-refractivity contribution is 14.1. The predicted molar refractivity (Wildman–Crippen MR) is 47.6 cm³/mol. The Morgan fingerprint density at radius 3 is 3.00 bits per heavy atom. The highest BCUT2D eigenvalue weighted by atomic mass is 127. The summed E-state index contributed by atoms with van der Waals surface area (Å²) in [6, 6.07) is 0. The van der Waals surface area contributed by atoms with Crippen molar-refractivity contribution in [1.82, 2.24) is 0 Å². The van der Waals surface area contributed by atoms with Gasteiger partial charge in [0, 0.05) is 22.6 Å². The highest BCUT2D eigenvalue weighted by Crippen LogP contribution is 1.85. The first kappa shape index (κ1) is 9.50. The number of rotatable bonds is 3. The first-order chi connectivity index (χ1) is 4.81. The van der Waals surface area contributed by atoms with Crippen LogP contribution in [0.4, 0.5) is 0 Å². The van der Waals surface area contributed by atoms with Crippen LogP contribution in [0.5, 0.6) is 0 Å². The van der Waals surface area contributed by atoms with Gasteiger partial charge in [0.15, 0.2) is 6.61 Å². The first-order valence-electron chi connectivity index (χ1n) is 2.66. The number of hydrogen-bond acceptors (Lipinski definition) is 2. The summed E-state index contributed by atoms with van der Waals surface area (Å²) in [4.78, 5) is 10.6. The zero-order valence-electron chi connectivity index (χ0n) is 5.39. The van der Waals surface area contributed by atoms with Gasteiger partial charge in [-0.25, -0.2) is 0 Å². The molecule has 0 aliphatic heterocycles. The lowest BCUT2D eigenvalue weighted by molar-refractivity contribution is -0.141. The summed E-state index contributed by atoms with van der Waals surface area (Å²) in [5, 5.41) is 0. The van der Waals surface area contributed by atoms with Crippen molar-refractivity contribution in [3.05, 3.63) is 12.7 Å². The summed E-state index contributed by atoms with van der Waals surface area (Å²) in [5.41, 5.74) is 0. The Kier molecular flexibility index (Phi) is 6.29. The van der Waals surface area contributed by atoms with Gasteiger partial charge in [-0.3, -0.25) is 4.79 Å². The van der Waals surface area contributed by atoms with Gasteiger partial charge in [-0.2, -0.15) is 0 Å². The van der Waals surface area contributed by atoms with Crippen LogP contribution in [0.2, 0.25) is 0 Å². The summed E-state index contributed by atoms with van der Waals surface area (Å²) in [6.45, 7) is 3.57. The molecule has 0 aromatic carbocycles. The first-order valence-corrected chi connectivity index (χ1v) is 3.74. The Hall–Kier alpha value is -0.500. The molecule has 0 radical (unpaired) electrons. The number of carbonyl (C=O) groups excluding carboxylic acids is 1. The summed E-state index contributed by atoms with van der Waals surface area (Å²) < 4.78 is 7.22. The van der Waals surface area contributed by atoms with Crippen LogP contribution in [0.25, 0.3) is 0 Å². The molecule has 0 aromatic heterocycles. The van der Waals surface area contributed by atoms with Crippen LogP contribution < -0.4 is 0 Å². The van der Waals surface area contributed by atoms with Gasteiger partial charge in [0.1, 0.15) is 0 Å². The SMILES string of the molecule is C=CCC(=O)OCC#CI. The van der Waals surface area contributed by atoms with Crippen LogP contribution in [-0.2, 0) is 9.53 Å². The second-order valence-electron chi connectivity index (χ2n) is 1.42. The van der Waals surface area contributed by atoms with Crippen LogP contribution in [0.1, 0.15) is 6.42 Å². The van der Waals surface area contributed by atoms with Crippen molar-refractivity contribution < 1.29 is 9.53 Å². The van der Waals surface area contributed by atoms with Crippen molar-refractivity contribution in [2.24, 2.45) is 0 Å². The van der Waals surface area contributed by atoms with Crippen molar-refractivity contribution in [2.45, 2.75) is 6.42 Å². The molecule has 0 amide bonds. The minimum Gasteiger partial charge on any atom is -0.452 e. The lowest BCUT2D eigenvalue weighted by Crippen LogP contribution is -2.02. The summed E-state index contributed by atoms with van der Waals surface area (Å²) in [7, 11) is 0. The molecule has 0 heterocycles. The van der Waals surface area contributed by atoms with Crippen molar-refractivity contribution in [3.63, 3.8) is 0 Å². The van der Waals surface area contributed by atoms with Crippen molar-refractivity contribution >= 4 is 28.6 Å². The molecular weight excluding hydrogens is 243 g/mol. The van der Waals surface area contributed by atoms with E-state index < -0.39 is 0 Å². The van der Waals surface area contributed by atoms with Gasteiger partial charge in [-0.1, -0.05) is 12.0 Å². The van der Waals surface area contributed by atoms with Gasteiger partial charge >= 0.3 is 5.97 Å². The number of hydrogen-bond donors (Lipinski definition) is 0. The van der Waals surface area contributed by atoms with E-state index in [-0.39, 0.29) is 19.0 Å². The minimum absolute atomic E-state index is 0.176. The number of carbonyl (C=O) groups is 1. The summed E-state index contributed by atoms with van der Waals surface area (Å²) in [6.07, 6.45) is 1.75. The largest absolute Gasteiger partial charge is 0.452 e. The van der Waals surface area contributed by atoms with E-state index in [0.29, 0.717) is 0 Å². The molecule has 0 aromatic rings. The van der Waals surface area contributed by atoms with Gasteiger partial charge in [-0.15, -0.1) is 6.58 Å². The number of ether oxygens (including phenoxy) is 1. The normalized spacial score (nSPS) is 7.30. The maximum absolute atomic E-state index is 10.6. The molecule has 0 rings (SSSR count). The van der Waals surface area contributed by atoms with Gasteiger partial charge in [0.2, 0.25) is 0 Å². The molecule has 54 valence electrons. The van der Waals surface area contributed by atoms with Crippen LogP contribution in [0, 0.1) is 9.85 Å². The third-order valence-corrected chi connectivity index (χ3v) is 1.06. The molecule has 0 unspecified atom stereocenters. The molecule has 10 heavy (non-hydrogen) atoms. The Morgan fingerprint density at radius 2 is 2.50 bits per heavy atom. The smallest absolute Gasteiger partial charge is 0.310 e. The molecule has 0 N–H and O–H groups in total.